The lowest BCUT2D eigenvalue weighted by Gasteiger charge is -2.39. The number of rotatable bonds is 5. The normalized spacial score (nSPS) is 25.6. The van der Waals surface area contributed by atoms with Gasteiger partial charge in [0.25, 0.3) is 0 Å². The fraction of sp³-hybridized carbons (Fsp3) is 0.500. The molecule has 0 saturated carbocycles. The van der Waals surface area contributed by atoms with Gasteiger partial charge in [0.2, 0.25) is 5.95 Å². The van der Waals surface area contributed by atoms with E-state index in [4.69, 9.17) is 9.47 Å². The van der Waals surface area contributed by atoms with E-state index in [1.165, 1.54) is 18.0 Å². The Balaban J connectivity index is 1.35. The van der Waals surface area contributed by atoms with E-state index >= 15 is 0 Å². The fourth-order valence-corrected chi connectivity index (χ4v) is 4.11. The van der Waals surface area contributed by atoms with Crippen molar-refractivity contribution in [3.63, 3.8) is 0 Å². The second-order valence-electron chi connectivity index (χ2n) is 7.43. The molecular formula is C20H25FN4O2. The summed E-state index contributed by atoms with van der Waals surface area (Å²) < 4.78 is 24.4. The Kier molecular flexibility index (Phi) is 5.22. The zero-order chi connectivity index (χ0) is 18.7. The van der Waals surface area contributed by atoms with Crippen molar-refractivity contribution in [2.75, 3.05) is 32.1 Å². The molecule has 27 heavy (non-hydrogen) atoms. The lowest BCUT2D eigenvalue weighted by atomic mass is 9.88. The molecule has 0 amide bonds. The highest BCUT2D eigenvalue weighted by Crippen LogP contribution is 2.36. The molecule has 3 heterocycles. The van der Waals surface area contributed by atoms with Crippen molar-refractivity contribution in [3.8, 4) is 5.75 Å². The number of halogens is 1. The molecule has 0 radical (unpaired) electrons. The molecule has 1 N–H and O–H groups in total. The van der Waals surface area contributed by atoms with Crippen molar-refractivity contribution >= 4 is 5.95 Å². The summed E-state index contributed by atoms with van der Waals surface area (Å²) in [7, 11) is 1.68. The molecule has 2 aromatic rings. The van der Waals surface area contributed by atoms with Crippen LogP contribution in [0.2, 0.25) is 0 Å². The summed E-state index contributed by atoms with van der Waals surface area (Å²) in [4.78, 5) is 10.4. The Morgan fingerprint density at radius 2 is 2.07 bits per heavy atom. The number of likely N-dealkylation sites (tertiary alicyclic amines) is 1. The van der Waals surface area contributed by atoms with Gasteiger partial charge in [0.15, 0.2) is 5.82 Å². The standard InChI is InChI=1S/C20H25FN4O2/c1-26-18-5-3-15(4-6-18)12-25-8-2-7-20(14-25)9-17(13-27-20)24-19-22-10-16(21)11-23-19/h3-6,10-11,17H,2,7-9,12-14H2,1H3,(H,22,23,24)/t17-,20+/m1/s1. The van der Waals surface area contributed by atoms with E-state index in [1.807, 2.05) is 12.1 Å². The highest BCUT2D eigenvalue weighted by molar-refractivity contribution is 5.28. The molecule has 2 aliphatic rings. The summed E-state index contributed by atoms with van der Waals surface area (Å²) in [5.41, 5.74) is 1.16. The molecule has 0 unspecified atom stereocenters. The number of ether oxygens (including phenoxy) is 2. The Bertz CT molecular complexity index is 756. The number of anilines is 1. The van der Waals surface area contributed by atoms with Crippen LogP contribution in [0, 0.1) is 5.82 Å². The van der Waals surface area contributed by atoms with Crippen LogP contribution >= 0.6 is 0 Å². The maximum absolute atomic E-state index is 13.0. The average molecular weight is 372 g/mol. The summed E-state index contributed by atoms with van der Waals surface area (Å²) in [5, 5.41) is 3.27. The van der Waals surface area contributed by atoms with Gasteiger partial charge in [-0.15, -0.1) is 0 Å². The van der Waals surface area contributed by atoms with E-state index in [0.717, 1.165) is 44.6 Å². The van der Waals surface area contributed by atoms with E-state index in [2.05, 4.69) is 32.3 Å². The minimum absolute atomic E-state index is 0.123. The first kappa shape index (κ1) is 18.1. The molecule has 7 heteroatoms. The molecule has 4 rings (SSSR count). The number of benzene rings is 1. The Hall–Kier alpha value is -2.25. The molecule has 2 saturated heterocycles. The van der Waals surface area contributed by atoms with E-state index in [9.17, 15) is 4.39 Å². The second-order valence-corrected chi connectivity index (χ2v) is 7.43. The Labute approximate surface area is 158 Å². The molecule has 144 valence electrons. The number of methoxy groups -OCH3 is 1. The predicted octanol–water partition coefficient (Wildman–Crippen LogP) is 2.86. The summed E-state index contributed by atoms with van der Waals surface area (Å²) in [5.74, 6) is 0.902. The highest BCUT2D eigenvalue weighted by atomic mass is 19.1. The summed E-state index contributed by atoms with van der Waals surface area (Å²) in [6.07, 6.45) is 5.45. The van der Waals surface area contributed by atoms with Crippen LogP contribution in [-0.4, -0.2) is 53.3 Å². The zero-order valence-electron chi connectivity index (χ0n) is 15.5. The zero-order valence-corrected chi connectivity index (χ0v) is 15.5. The number of aromatic nitrogens is 2. The van der Waals surface area contributed by atoms with Crippen molar-refractivity contribution < 1.29 is 13.9 Å². The highest BCUT2D eigenvalue weighted by Gasteiger charge is 2.43. The van der Waals surface area contributed by atoms with Crippen LogP contribution in [0.5, 0.6) is 5.75 Å². The molecular weight excluding hydrogens is 347 g/mol. The Morgan fingerprint density at radius 3 is 2.81 bits per heavy atom. The van der Waals surface area contributed by atoms with E-state index in [0.29, 0.717) is 12.6 Å². The van der Waals surface area contributed by atoms with Crippen LogP contribution < -0.4 is 10.1 Å². The SMILES string of the molecule is COc1ccc(CN2CCC[C@]3(C[C@@H](Nc4ncc(F)cn4)CO3)C2)cc1. The first-order valence-corrected chi connectivity index (χ1v) is 9.37. The molecule has 1 aromatic carbocycles. The topological polar surface area (TPSA) is 59.5 Å². The molecule has 6 nitrogen and oxygen atoms in total. The largest absolute Gasteiger partial charge is 0.497 e. The van der Waals surface area contributed by atoms with Gasteiger partial charge < -0.3 is 14.8 Å². The van der Waals surface area contributed by atoms with E-state index in [1.54, 1.807) is 7.11 Å². The smallest absolute Gasteiger partial charge is 0.223 e. The maximum atomic E-state index is 13.0. The van der Waals surface area contributed by atoms with Gasteiger partial charge in [-0.2, -0.15) is 0 Å². The van der Waals surface area contributed by atoms with Crippen LogP contribution in [0.25, 0.3) is 0 Å². The molecule has 2 atom stereocenters. The van der Waals surface area contributed by atoms with Crippen LogP contribution in [0.4, 0.5) is 10.3 Å². The minimum atomic E-state index is -0.429. The minimum Gasteiger partial charge on any atom is -0.497 e. The first-order valence-electron chi connectivity index (χ1n) is 9.37. The van der Waals surface area contributed by atoms with Crippen molar-refractivity contribution in [3.05, 3.63) is 48.0 Å². The molecule has 1 aromatic heterocycles. The van der Waals surface area contributed by atoms with Gasteiger partial charge in [-0.05, 0) is 37.1 Å². The number of nitrogens with one attached hydrogen (secondary N) is 1. The summed E-state index contributed by atoms with van der Waals surface area (Å²) in [6, 6.07) is 8.39. The Morgan fingerprint density at radius 1 is 1.30 bits per heavy atom. The van der Waals surface area contributed by atoms with Gasteiger partial charge in [-0.3, -0.25) is 4.90 Å². The number of hydrogen-bond donors (Lipinski definition) is 1. The van der Waals surface area contributed by atoms with E-state index < -0.39 is 5.82 Å². The van der Waals surface area contributed by atoms with Gasteiger partial charge in [0.1, 0.15) is 5.75 Å². The number of piperidine rings is 1. The number of hydrogen-bond acceptors (Lipinski definition) is 6. The van der Waals surface area contributed by atoms with Crippen LogP contribution in [-0.2, 0) is 11.3 Å². The molecule has 2 aliphatic heterocycles. The maximum Gasteiger partial charge on any atom is 0.223 e. The molecule has 0 aliphatic carbocycles. The summed E-state index contributed by atoms with van der Waals surface area (Å²) in [6.45, 7) is 3.53. The van der Waals surface area contributed by atoms with Crippen molar-refractivity contribution in [2.45, 2.75) is 37.5 Å². The quantitative estimate of drug-likeness (QED) is 0.871. The van der Waals surface area contributed by atoms with Crippen molar-refractivity contribution in [1.29, 1.82) is 0 Å². The third-order valence-electron chi connectivity index (χ3n) is 5.35. The van der Waals surface area contributed by atoms with Gasteiger partial charge in [0.05, 0.1) is 37.8 Å². The molecule has 1 spiro atoms. The molecule has 2 fully saturated rings. The number of nitrogens with zero attached hydrogens (tertiary/aromatic N) is 3. The van der Waals surface area contributed by atoms with Crippen molar-refractivity contribution in [1.82, 2.24) is 14.9 Å². The second kappa shape index (κ2) is 7.78. The van der Waals surface area contributed by atoms with Gasteiger partial charge >= 0.3 is 0 Å². The average Bonchev–Trinajstić information content (AvgIpc) is 3.06. The van der Waals surface area contributed by atoms with Crippen LogP contribution in [0.15, 0.2) is 36.7 Å². The monoisotopic (exact) mass is 372 g/mol. The predicted molar refractivity (Wildman–Crippen MR) is 100 cm³/mol. The van der Waals surface area contributed by atoms with Gasteiger partial charge in [0, 0.05) is 19.5 Å². The van der Waals surface area contributed by atoms with Crippen molar-refractivity contribution in [2.24, 2.45) is 0 Å². The third kappa shape index (κ3) is 4.36. The fourth-order valence-electron chi connectivity index (χ4n) is 4.11. The lowest BCUT2D eigenvalue weighted by molar-refractivity contribution is -0.0533. The van der Waals surface area contributed by atoms with Gasteiger partial charge in [-0.25, -0.2) is 14.4 Å². The van der Waals surface area contributed by atoms with Crippen LogP contribution in [0.1, 0.15) is 24.8 Å². The lowest BCUT2D eigenvalue weighted by Crippen LogP contribution is -2.47. The first-order chi connectivity index (χ1) is 13.1. The summed E-state index contributed by atoms with van der Waals surface area (Å²) >= 11 is 0. The van der Waals surface area contributed by atoms with Gasteiger partial charge in [-0.1, -0.05) is 12.1 Å². The van der Waals surface area contributed by atoms with E-state index in [-0.39, 0.29) is 11.6 Å². The third-order valence-corrected chi connectivity index (χ3v) is 5.35. The van der Waals surface area contributed by atoms with Crippen LogP contribution in [0.3, 0.4) is 0 Å². The molecule has 0 bridgehead atoms.